The first kappa shape index (κ1) is 15.5. The molecule has 3 nitrogen and oxygen atoms in total. The summed E-state index contributed by atoms with van der Waals surface area (Å²) in [6, 6.07) is 5.05. The van der Waals surface area contributed by atoms with Crippen molar-refractivity contribution in [3.8, 4) is 0 Å². The monoisotopic (exact) mass is 333 g/mol. The van der Waals surface area contributed by atoms with E-state index in [1.165, 1.54) is 0 Å². The molecule has 0 aliphatic carbocycles. The highest BCUT2D eigenvalue weighted by Gasteiger charge is 2.28. The van der Waals surface area contributed by atoms with Crippen LogP contribution in [0.4, 0.5) is 0 Å². The fourth-order valence-corrected chi connectivity index (χ4v) is 2.27. The van der Waals surface area contributed by atoms with E-state index in [0.717, 1.165) is 0 Å². The second kappa shape index (κ2) is 6.55. The van der Waals surface area contributed by atoms with Crippen LogP contribution < -0.4 is 5.32 Å². The molecule has 100 valence electrons. The van der Waals surface area contributed by atoms with Crippen molar-refractivity contribution in [2.45, 2.75) is 32.2 Å². The van der Waals surface area contributed by atoms with Crippen LogP contribution in [0.25, 0.3) is 0 Å². The number of halogens is 2. The zero-order valence-corrected chi connectivity index (χ0v) is 12.8. The molecule has 0 atom stereocenters. The summed E-state index contributed by atoms with van der Waals surface area (Å²) in [5.41, 5.74) is -0.0963. The minimum Gasteiger partial charge on any atom is -0.394 e. The zero-order chi connectivity index (χ0) is 13.8. The topological polar surface area (TPSA) is 49.3 Å². The Labute approximate surface area is 121 Å². The number of aliphatic hydroxyl groups excluding tert-OH is 1. The van der Waals surface area contributed by atoms with Crippen LogP contribution in [0.2, 0.25) is 5.02 Å². The summed E-state index contributed by atoms with van der Waals surface area (Å²) in [4.78, 5) is 12.2. The smallest absolute Gasteiger partial charge is 0.252 e. The van der Waals surface area contributed by atoms with Crippen LogP contribution in [-0.2, 0) is 0 Å². The van der Waals surface area contributed by atoms with Crippen molar-refractivity contribution in [1.29, 1.82) is 0 Å². The lowest BCUT2D eigenvalue weighted by molar-refractivity contribution is 0.0817. The van der Waals surface area contributed by atoms with E-state index < -0.39 is 5.54 Å². The standard InChI is InChI=1S/C13H17BrClNO2/c1-3-13(4-2,8-17)16-12(18)10-7-9(15)5-6-11(10)14/h5-7,17H,3-4,8H2,1-2H3,(H,16,18). The summed E-state index contributed by atoms with van der Waals surface area (Å²) >= 11 is 9.21. The molecule has 18 heavy (non-hydrogen) atoms. The van der Waals surface area contributed by atoms with E-state index in [2.05, 4.69) is 21.2 Å². The van der Waals surface area contributed by atoms with Gasteiger partial charge < -0.3 is 10.4 Å². The van der Waals surface area contributed by atoms with E-state index in [1.807, 2.05) is 13.8 Å². The Hall–Kier alpha value is -0.580. The molecule has 0 unspecified atom stereocenters. The molecule has 0 bridgehead atoms. The molecule has 2 N–H and O–H groups in total. The molecular formula is C13H17BrClNO2. The molecule has 1 aromatic carbocycles. The minimum atomic E-state index is -0.571. The van der Waals surface area contributed by atoms with Gasteiger partial charge in [0.1, 0.15) is 0 Å². The average Bonchev–Trinajstić information content (AvgIpc) is 2.38. The maximum absolute atomic E-state index is 12.2. The largest absolute Gasteiger partial charge is 0.394 e. The Balaban J connectivity index is 2.97. The van der Waals surface area contributed by atoms with Crippen LogP contribution in [-0.4, -0.2) is 23.2 Å². The molecule has 0 saturated heterocycles. The van der Waals surface area contributed by atoms with Crippen molar-refractivity contribution in [2.75, 3.05) is 6.61 Å². The van der Waals surface area contributed by atoms with Crippen LogP contribution >= 0.6 is 27.5 Å². The SMILES string of the molecule is CCC(CC)(CO)NC(=O)c1cc(Cl)ccc1Br. The summed E-state index contributed by atoms with van der Waals surface area (Å²) < 4.78 is 0.684. The summed E-state index contributed by atoms with van der Waals surface area (Å²) in [5.74, 6) is -0.234. The predicted molar refractivity (Wildman–Crippen MR) is 77.0 cm³/mol. The Morgan fingerprint density at radius 3 is 2.56 bits per heavy atom. The van der Waals surface area contributed by atoms with Crippen molar-refractivity contribution in [3.05, 3.63) is 33.3 Å². The highest BCUT2D eigenvalue weighted by atomic mass is 79.9. The van der Waals surface area contributed by atoms with Gasteiger partial charge in [0.05, 0.1) is 17.7 Å². The van der Waals surface area contributed by atoms with Crippen molar-refractivity contribution in [2.24, 2.45) is 0 Å². The molecule has 0 heterocycles. The number of nitrogens with one attached hydrogen (secondary N) is 1. The van der Waals surface area contributed by atoms with Gasteiger partial charge in [-0.05, 0) is 47.0 Å². The second-order valence-electron chi connectivity index (χ2n) is 4.22. The Morgan fingerprint density at radius 2 is 2.06 bits per heavy atom. The van der Waals surface area contributed by atoms with Crippen LogP contribution in [0.15, 0.2) is 22.7 Å². The van der Waals surface area contributed by atoms with Crippen molar-refractivity contribution in [3.63, 3.8) is 0 Å². The molecule has 0 aliphatic heterocycles. The molecular weight excluding hydrogens is 318 g/mol. The summed E-state index contributed by atoms with van der Waals surface area (Å²) in [5, 5.41) is 12.8. The molecule has 5 heteroatoms. The number of carbonyl (C=O) groups is 1. The van der Waals surface area contributed by atoms with Crippen molar-refractivity contribution in [1.82, 2.24) is 5.32 Å². The molecule has 0 spiro atoms. The van der Waals surface area contributed by atoms with E-state index in [0.29, 0.717) is 27.9 Å². The van der Waals surface area contributed by atoms with E-state index in [1.54, 1.807) is 18.2 Å². The molecule has 0 aliphatic rings. The maximum Gasteiger partial charge on any atom is 0.252 e. The first-order chi connectivity index (χ1) is 8.48. The average molecular weight is 335 g/mol. The molecule has 1 rings (SSSR count). The number of rotatable bonds is 5. The molecule has 0 saturated carbocycles. The van der Waals surface area contributed by atoms with Gasteiger partial charge in [-0.2, -0.15) is 0 Å². The van der Waals surface area contributed by atoms with Gasteiger partial charge in [0.2, 0.25) is 0 Å². The Kier molecular flexibility index (Phi) is 5.63. The van der Waals surface area contributed by atoms with Gasteiger partial charge in [-0.25, -0.2) is 0 Å². The lowest BCUT2D eigenvalue weighted by Crippen LogP contribution is -2.50. The molecule has 0 radical (unpaired) electrons. The molecule has 1 aromatic rings. The normalized spacial score (nSPS) is 11.4. The predicted octanol–water partition coefficient (Wildman–Crippen LogP) is 3.38. The number of carbonyl (C=O) groups excluding carboxylic acids is 1. The maximum atomic E-state index is 12.2. The van der Waals surface area contributed by atoms with E-state index >= 15 is 0 Å². The Morgan fingerprint density at radius 1 is 1.44 bits per heavy atom. The molecule has 1 amide bonds. The fourth-order valence-electron chi connectivity index (χ4n) is 1.67. The lowest BCUT2D eigenvalue weighted by Gasteiger charge is -2.30. The van der Waals surface area contributed by atoms with Crippen molar-refractivity contribution < 1.29 is 9.90 Å². The number of hydrogen-bond donors (Lipinski definition) is 2. The highest BCUT2D eigenvalue weighted by molar-refractivity contribution is 9.10. The van der Waals surface area contributed by atoms with E-state index in [4.69, 9.17) is 11.6 Å². The van der Waals surface area contributed by atoms with E-state index in [9.17, 15) is 9.90 Å². The minimum absolute atomic E-state index is 0.0794. The molecule has 0 aromatic heterocycles. The number of aliphatic hydroxyl groups is 1. The van der Waals surface area contributed by atoms with Gasteiger partial charge in [-0.3, -0.25) is 4.79 Å². The van der Waals surface area contributed by atoms with Gasteiger partial charge in [-0.15, -0.1) is 0 Å². The fraction of sp³-hybridized carbons (Fsp3) is 0.462. The van der Waals surface area contributed by atoms with Crippen LogP contribution in [0.5, 0.6) is 0 Å². The van der Waals surface area contributed by atoms with Gasteiger partial charge in [0.25, 0.3) is 5.91 Å². The van der Waals surface area contributed by atoms with Crippen LogP contribution in [0.3, 0.4) is 0 Å². The van der Waals surface area contributed by atoms with Crippen LogP contribution in [0.1, 0.15) is 37.0 Å². The first-order valence-electron chi connectivity index (χ1n) is 5.86. The quantitative estimate of drug-likeness (QED) is 0.867. The molecule has 0 fully saturated rings. The van der Waals surface area contributed by atoms with E-state index in [-0.39, 0.29) is 12.5 Å². The third-order valence-electron chi connectivity index (χ3n) is 3.21. The third kappa shape index (κ3) is 3.46. The summed E-state index contributed by atoms with van der Waals surface area (Å²) in [6.07, 6.45) is 1.34. The third-order valence-corrected chi connectivity index (χ3v) is 4.13. The number of benzene rings is 1. The second-order valence-corrected chi connectivity index (χ2v) is 5.51. The van der Waals surface area contributed by atoms with Gasteiger partial charge in [-0.1, -0.05) is 25.4 Å². The van der Waals surface area contributed by atoms with Gasteiger partial charge in [0, 0.05) is 9.50 Å². The Bertz CT molecular complexity index is 425. The summed E-state index contributed by atoms with van der Waals surface area (Å²) in [6.45, 7) is 3.80. The zero-order valence-electron chi connectivity index (χ0n) is 10.5. The number of hydrogen-bond acceptors (Lipinski definition) is 2. The van der Waals surface area contributed by atoms with Crippen LogP contribution in [0, 0.1) is 0 Å². The van der Waals surface area contributed by atoms with Crippen molar-refractivity contribution >= 4 is 33.4 Å². The highest BCUT2D eigenvalue weighted by Crippen LogP contribution is 2.23. The summed E-state index contributed by atoms with van der Waals surface area (Å²) in [7, 11) is 0. The number of amides is 1. The van der Waals surface area contributed by atoms with Gasteiger partial charge in [0.15, 0.2) is 0 Å². The first-order valence-corrected chi connectivity index (χ1v) is 7.03. The lowest BCUT2D eigenvalue weighted by atomic mass is 9.93. The van der Waals surface area contributed by atoms with Gasteiger partial charge >= 0.3 is 0 Å².